The van der Waals surface area contributed by atoms with Crippen molar-refractivity contribution in [1.82, 2.24) is 15.3 Å². The molecule has 2 aromatic rings. The van der Waals surface area contributed by atoms with Gasteiger partial charge in [-0.2, -0.15) is 0 Å². The lowest BCUT2D eigenvalue weighted by Crippen LogP contribution is -2.37. The molecule has 0 spiro atoms. The van der Waals surface area contributed by atoms with Gasteiger partial charge in [-0.3, -0.25) is 4.79 Å². The summed E-state index contributed by atoms with van der Waals surface area (Å²) in [5, 5.41) is 5.77. The Hall–Kier alpha value is -1.14. The molecule has 0 saturated carbocycles. The molecule has 2 unspecified atom stereocenters. The molecule has 0 aliphatic rings. The van der Waals surface area contributed by atoms with E-state index < -0.39 is 0 Å². The Balaban J connectivity index is 2.02. The van der Waals surface area contributed by atoms with E-state index in [9.17, 15) is 4.79 Å². The number of carbonyl (C=O) groups is 1. The summed E-state index contributed by atoms with van der Waals surface area (Å²) >= 11 is 3.11. The van der Waals surface area contributed by atoms with E-state index in [0.717, 1.165) is 28.1 Å². The maximum Gasteiger partial charge on any atom is 0.233 e. The molecule has 2 aromatic heterocycles. The fourth-order valence-corrected chi connectivity index (χ4v) is 3.78. The number of fused-ring (bicyclic) bond motifs is 1. The van der Waals surface area contributed by atoms with Crippen LogP contribution in [0.25, 0.3) is 10.2 Å². The van der Waals surface area contributed by atoms with Gasteiger partial charge in [0, 0.05) is 6.04 Å². The number of carbonyl (C=O) groups excluding carboxylic acids is 1. The lowest BCUT2D eigenvalue weighted by atomic mass is 10.2. The molecule has 0 aliphatic heterocycles. The third kappa shape index (κ3) is 3.70. The summed E-state index contributed by atoms with van der Waals surface area (Å²) in [6.45, 7) is 6.08. The van der Waals surface area contributed by atoms with Crippen molar-refractivity contribution in [3.8, 4) is 0 Å². The standard InChI is InChI=1S/C14H19N3OS2/c1-4-5-9(2)17-13(18)10(3)20-14-12-11(6-7-19-12)15-8-16-14/h6-10H,4-5H2,1-3H3,(H,17,18). The average molecular weight is 309 g/mol. The van der Waals surface area contributed by atoms with Crippen molar-refractivity contribution in [1.29, 1.82) is 0 Å². The van der Waals surface area contributed by atoms with Crippen molar-refractivity contribution in [3.63, 3.8) is 0 Å². The zero-order valence-electron chi connectivity index (χ0n) is 11.9. The van der Waals surface area contributed by atoms with Gasteiger partial charge < -0.3 is 5.32 Å². The molecule has 108 valence electrons. The van der Waals surface area contributed by atoms with Crippen LogP contribution in [-0.2, 0) is 4.79 Å². The molecule has 6 heteroatoms. The first-order valence-corrected chi connectivity index (χ1v) is 8.53. The molecule has 1 amide bonds. The Morgan fingerprint density at radius 2 is 2.25 bits per heavy atom. The highest BCUT2D eigenvalue weighted by Crippen LogP contribution is 2.31. The Morgan fingerprint density at radius 1 is 1.45 bits per heavy atom. The molecule has 1 N–H and O–H groups in total. The van der Waals surface area contributed by atoms with Gasteiger partial charge in [0.2, 0.25) is 5.91 Å². The average Bonchev–Trinajstić information content (AvgIpc) is 2.88. The first kappa shape index (κ1) is 15.3. The minimum atomic E-state index is -0.158. The van der Waals surface area contributed by atoms with E-state index in [1.165, 1.54) is 11.8 Å². The molecule has 4 nitrogen and oxygen atoms in total. The molecule has 0 saturated heterocycles. The summed E-state index contributed by atoms with van der Waals surface area (Å²) in [5.41, 5.74) is 0.944. The number of rotatable bonds is 6. The first-order chi connectivity index (χ1) is 9.61. The minimum absolute atomic E-state index is 0.0688. The van der Waals surface area contributed by atoms with Crippen LogP contribution in [0.2, 0.25) is 0 Å². The normalized spacial score (nSPS) is 14.2. The van der Waals surface area contributed by atoms with Gasteiger partial charge >= 0.3 is 0 Å². The second-order valence-electron chi connectivity index (χ2n) is 4.77. The van der Waals surface area contributed by atoms with Gasteiger partial charge in [0.25, 0.3) is 0 Å². The van der Waals surface area contributed by atoms with Gasteiger partial charge in [-0.05, 0) is 31.7 Å². The maximum absolute atomic E-state index is 12.1. The molecule has 2 heterocycles. The van der Waals surface area contributed by atoms with Crippen molar-refractivity contribution in [2.75, 3.05) is 0 Å². The summed E-state index contributed by atoms with van der Waals surface area (Å²) < 4.78 is 1.05. The van der Waals surface area contributed by atoms with Crippen molar-refractivity contribution in [2.45, 2.75) is 49.9 Å². The summed E-state index contributed by atoms with van der Waals surface area (Å²) in [5.74, 6) is 0.0688. The molecule has 2 rings (SSSR count). The van der Waals surface area contributed by atoms with Crippen molar-refractivity contribution in [3.05, 3.63) is 17.8 Å². The number of hydrogen-bond donors (Lipinski definition) is 1. The lowest BCUT2D eigenvalue weighted by molar-refractivity contribution is -0.120. The number of nitrogens with one attached hydrogen (secondary N) is 1. The molecule has 0 aromatic carbocycles. The number of nitrogens with zero attached hydrogens (tertiary/aromatic N) is 2. The van der Waals surface area contributed by atoms with Crippen LogP contribution < -0.4 is 5.32 Å². The SMILES string of the molecule is CCCC(C)NC(=O)C(C)Sc1ncnc2ccsc12. The molecule has 0 bridgehead atoms. The Kier molecular flexibility index (Phi) is 5.37. The molecule has 0 fully saturated rings. The van der Waals surface area contributed by atoms with E-state index in [1.54, 1.807) is 17.7 Å². The monoisotopic (exact) mass is 309 g/mol. The third-order valence-electron chi connectivity index (χ3n) is 2.98. The molecular formula is C14H19N3OS2. The van der Waals surface area contributed by atoms with Crippen LogP contribution in [0.1, 0.15) is 33.6 Å². The Morgan fingerprint density at radius 3 is 3.00 bits per heavy atom. The number of aromatic nitrogens is 2. The molecule has 0 radical (unpaired) electrons. The highest BCUT2D eigenvalue weighted by molar-refractivity contribution is 8.00. The van der Waals surface area contributed by atoms with E-state index in [1.807, 2.05) is 25.3 Å². The van der Waals surface area contributed by atoms with E-state index in [4.69, 9.17) is 0 Å². The molecule has 2 atom stereocenters. The van der Waals surface area contributed by atoms with Gasteiger partial charge in [0.05, 0.1) is 15.5 Å². The van der Waals surface area contributed by atoms with Gasteiger partial charge in [-0.1, -0.05) is 25.1 Å². The number of thioether (sulfide) groups is 1. The largest absolute Gasteiger partial charge is 0.353 e. The van der Waals surface area contributed by atoms with Gasteiger partial charge in [0.15, 0.2) is 0 Å². The smallest absolute Gasteiger partial charge is 0.233 e. The van der Waals surface area contributed by atoms with E-state index in [2.05, 4.69) is 22.2 Å². The van der Waals surface area contributed by atoms with Crippen molar-refractivity contribution < 1.29 is 4.79 Å². The second-order valence-corrected chi connectivity index (χ2v) is 7.02. The quantitative estimate of drug-likeness (QED) is 0.655. The van der Waals surface area contributed by atoms with Crippen LogP contribution in [0, 0.1) is 0 Å². The van der Waals surface area contributed by atoms with Crippen LogP contribution >= 0.6 is 23.1 Å². The van der Waals surface area contributed by atoms with Crippen LogP contribution in [0.15, 0.2) is 22.8 Å². The van der Waals surface area contributed by atoms with Crippen LogP contribution in [0.3, 0.4) is 0 Å². The Bertz CT molecular complexity index is 585. The fourth-order valence-electron chi connectivity index (χ4n) is 1.94. The van der Waals surface area contributed by atoms with Gasteiger partial charge in [-0.15, -0.1) is 11.3 Å². The maximum atomic E-state index is 12.1. The van der Waals surface area contributed by atoms with Gasteiger partial charge in [-0.25, -0.2) is 9.97 Å². The topological polar surface area (TPSA) is 54.9 Å². The third-order valence-corrected chi connectivity index (χ3v) is 5.12. The zero-order valence-corrected chi connectivity index (χ0v) is 13.6. The van der Waals surface area contributed by atoms with E-state index in [0.29, 0.717) is 0 Å². The summed E-state index contributed by atoms with van der Waals surface area (Å²) in [6, 6.07) is 2.20. The first-order valence-electron chi connectivity index (χ1n) is 6.77. The molecule has 0 aliphatic carbocycles. The number of hydrogen-bond acceptors (Lipinski definition) is 5. The summed E-state index contributed by atoms with van der Waals surface area (Å²) in [7, 11) is 0. The minimum Gasteiger partial charge on any atom is -0.353 e. The molecular weight excluding hydrogens is 290 g/mol. The summed E-state index contributed by atoms with van der Waals surface area (Å²) in [6.07, 6.45) is 3.64. The number of amides is 1. The summed E-state index contributed by atoms with van der Waals surface area (Å²) in [4.78, 5) is 20.6. The highest BCUT2D eigenvalue weighted by Gasteiger charge is 2.18. The molecule has 20 heavy (non-hydrogen) atoms. The lowest BCUT2D eigenvalue weighted by Gasteiger charge is -2.16. The Labute approximate surface area is 127 Å². The van der Waals surface area contributed by atoms with E-state index >= 15 is 0 Å². The highest BCUT2D eigenvalue weighted by atomic mass is 32.2. The van der Waals surface area contributed by atoms with Crippen LogP contribution in [0.4, 0.5) is 0 Å². The van der Waals surface area contributed by atoms with Crippen LogP contribution in [0.5, 0.6) is 0 Å². The predicted molar refractivity (Wildman–Crippen MR) is 85.2 cm³/mol. The zero-order chi connectivity index (χ0) is 14.5. The fraction of sp³-hybridized carbons (Fsp3) is 0.500. The van der Waals surface area contributed by atoms with Crippen molar-refractivity contribution >= 4 is 39.2 Å². The van der Waals surface area contributed by atoms with Crippen molar-refractivity contribution in [2.24, 2.45) is 0 Å². The second kappa shape index (κ2) is 7.04. The van der Waals surface area contributed by atoms with Crippen LogP contribution in [-0.4, -0.2) is 27.2 Å². The predicted octanol–water partition coefficient (Wildman–Crippen LogP) is 3.48. The van der Waals surface area contributed by atoms with E-state index in [-0.39, 0.29) is 17.2 Å². The number of thiophene rings is 1. The van der Waals surface area contributed by atoms with Gasteiger partial charge in [0.1, 0.15) is 11.4 Å².